The molecule has 19 heavy (non-hydrogen) atoms. The van der Waals surface area contributed by atoms with Crippen LogP contribution in [0.1, 0.15) is 33.1 Å². The maximum Gasteiger partial charge on any atom is 0.226 e. The molecule has 3 rings (SSSR count). The number of carbonyl (C=O) groups is 1. The van der Waals surface area contributed by atoms with Gasteiger partial charge in [0.2, 0.25) is 5.91 Å². The van der Waals surface area contributed by atoms with Gasteiger partial charge in [-0.15, -0.1) is 12.4 Å². The van der Waals surface area contributed by atoms with E-state index in [1.807, 2.05) is 11.8 Å². The van der Waals surface area contributed by atoms with Gasteiger partial charge in [-0.1, -0.05) is 0 Å². The molecule has 2 saturated heterocycles. The molecule has 2 aliphatic heterocycles. The minimum atomic E-state index is 0. The van der Waals surface area contributed by atoms with Gasteiger partial charge in [0.15, 0.2) is 0 Å². The smallest absolute Gasteiger partial charge is 0.226 e. The first-order valence-electron chi connectivity index (χ1n) is 7.16. The molecule has 1 saturated carbocycles. The number of thioether (sulfide) groups is 1. The molecule has 3 aliphatic rings. The fraction of sp³-hybridized carbons (Fsp3) is 0.929. The van der Waals surface area contributed by atoms with Gasteiger partial charge < -0.3 is 10.2 Å². The summed E-state index contributed by atoms with van der Waals surface area (Å²) in [7, 11) is 0. The van der Waals surface area contributed by atoms with Crippen molar-refractivity contribution in [2.45, 2.75) is 37.9 Å². The van der Waals surface area contributed by atoms with Crippen molar-refractivity contribution in [3.63, 3.8) is 0 Å². The lowest BCUT2D eigenvalue weighted by atomic mass is 9.91. The highest BCUT2D eigenvalue weighted by Crippen LogP contribution is 2.59. The van der Waals surface area contributed by atoms with Crippen molar-refractivity contribution in [1.29, 1.82) is 0 Å². The number of amides is 1. The second-order valence-electron chi connectivity index (χ2n) is 6.74. The molecule has 1 aliphatic carbocycles. The van der Waals surface area contributed by atoms with E-state index in [9.17, 15) is 4.79 Å². The summed E-state index contributed by atoms with van der Waals surface area (Å²) < 4.78 is 0.240. The van der Waals surface area contributed by atoms with E-state index < -0.39 is 0 Å². The molecule has 0 aromatic carbocycles. The molecular formula is C14H25ClN2OS. The Labute approximate surface area is 126 Å². The molecule has 1 unspecified atom stereocenters. The maximum atomic E-state index is 12.6. The van der Waals surface area contributed by atoms with E-state index in [1.165, 1.54) is 12.8 Å². The number of carbonyl (C=O) groups excluding carboxylic acids is 1. The van der Waals surface area contributed by atoms with Crippen LogP contribution in [0.15, 0.2) is 0 Å². The van der Waals surface area contributed by atoms with E-state index in [-0.39, 0.29) is 17.2 Å². The maximum absolute atomic E-state index is 12.6. The number of piperidine rings is 1. The lowest BCUT2D eigenvalue weighted by molar-refractivity contribution is -0.133. The molecule has 3 nitrogen and oxygen atoms in total. The van der Waals surface area contributed by atoms with E-state index in [0.717, 1.165) is 38.4 Å². The Balaban J connectivity index is 0.00000133. The van der Waals surface area contributed by atoms with Gasteiger partial charge in [-0.3, -0.25) is 4.79 Å². The standard InChI is InChI=1S/C14H24N2OS.ClH/c1-13(2)10-16(7-8-18-13)12(17)11-9-14(11)3-5-15-6-4-14;/h11,15H,3-10H2,1-2H3;1H. The van der Waals surface area contributed by atoms with Crippen LogP contribution in [0.5, 0.6) is 0 Å². The molecule has 2 heterocycles. The summed E-state index contributed by atoms with van der Waals surface area (Å²) in [5.74, 6) is 1.89. The van der Waals surface area contributed by atoms with E-state index in [1.54, 1.807) is 0 Å². The van der Waals surface area contributed by atoms with Gasteiger partial charge >= 0.3 is 0 Å². The zero-order chi connectivity index (χ0) is 12.8. The average Bonchev–Trinajstić information content (AvgIpc) is 3.01. The Bertz CT molecular complexity index is 355. The Morgan fingerprint density at radius 2 is 2.00 bits per heavy atom. The van der Waals surface area contributed by atoms with Crippen LogP contribution in [0.3, 0.4) is 0 Å². The quantitative estimate of drug-likeness (QED) is 0.806. The normalized spacial score (nSPS) is 31.7. The number of hydrogen-bond donors (Lipinski definition) is 1. The number of nitrogens with one attached hydrogen (secondary N) is 1. The van der Waals surface area contributed by atoms with Crippen LogP contribution in [0.2, 0.25) is 0 Å². The summed E-state index contributed by atoms with van der Waals surface area (Å²) in [6.07, 6.45) is 3.56. The minimum Gasteiger partial charge on any atom is -0.340 e. The third-order valence-corrected chi connectivity index (χ3v) is 6.12. The van der Waals surface area contributed by atoms with Crippen molar-refractivity contribution in [3.05, 3.63) is 0 Å². The van der Waals surface area contributed by atoms with Crippen molar-refractivity contribution in [2.75, 3.05) is 31.9 Å². The van der Waals surface area contributed by atoms with Gasteiger partial charge in [0.1, 0.15) is 0 Å². The number of halogens is 1. The molecule has 1 spiro atoms. The van der Waals surface area contributed by atoms with Gasteiger partial charge in [0.05, 0.1) is 0 Å². The third-order valence-electron chi connectivity index (χ3n) is 4.82. The van der Waals surface area contributed by atoms with Gasteiger partial charge in [-0.2, -0.15) is 11.8 Å². The molecule has 1 N–H and O–H groups in total. The van der Waals surface area contributed by atoms with E-state index in [4.69, 9.17) is 0 Å². The first-order chi connectivity index (χ1) is 8.53. The zero-order valence-electron chi connectivity index (χ0n) is 11.9. The SMILES string of the molecule is CC1(C)CN(C(=O)C2CC23CCNCC3)CCS1.Cl. The van der Waals surface area contributed by atoms with E-state index >= 15 is 0 Å². The molecule has 5 heteroatoms. The molecule has 1 atom stereocenters. The topological polar surface area (TPSA) is 32.3 Å². The molecule has 1 amide bonds. The Morgan fingerprint density at radius 1 is 1.32 bits per heavy atom. The predicted octanol–water partition coefficient (Wildman–Crippen LogP) is 2.15. The van der Waals surface area contributed by atoms with Gasteiger partial charge in [-0.25, -0.2) is 0 Å². The second kappa shape index (κ2) is 5.45. The summed E-state index contributed by atoms with van der Waals surface area (Å²) in [5.41, 5.74) is 0.386. The van der Waals surface area contributed by atoms with Crippen LogP contribution in [-0.2, 0) is 4.79 Å². The van der Waals surface area contributed by atoms with Crippen LogP contribution in [0.4, 0.5) is 0 Å². The van der Waals surface area contributed by atoms with Crippen LogP contribution in [0.25, 0.3) is 0 Å². The Kier molecular flexibility index (Phi) is 4.44. The van der Waals surface area contributed by atoms with Gasteiger partial charge in [0, 0.05) is 29.5 Å². The molecule has 0 bridgehead atoms. The van der Waals surface area contributed by atoms with Crippen LogP contribution in [-0.4, -0.2) is 47.5 Å². The monoisotopic (exact) mass is 304 g/mol. The van der Waals surface area contributed by atoms with Crippen molar-refractivity contribution in [3.8, 4) is 0 Å². The molecule has 0 aromatic heterocycles. The van der Waals surface area contributed by atoms with Gasteiger partial charge in [-0.05, 0) is 51.6 Å². The Morgan fingerprint density at radius 3 is 2.63 bits per heavy atom. The third kappa shape index (κ3) is 3.06. The van der Waals surface area contributed by atoms with Crippen LogP contribution >= 0.6 is 24.2 Å². The van der Waals surface area contributed by atoms with Crippen LogP contribution < -0.4 is 5.32 Å². The highest BCUT2D eigenvalue weighted by atomic mass is 35.5. The summed E-state index contributed by atoms with van der Waals surface area (Å²) in [6, 6.07) is 0. The molecule has 3 fully saturated rings. The average molecular weight is 305 g/mol. The summed E-state index contributed by atoms with van der Waals surface area (Å²) in [6.45, 7) is 8.60. The highest BCUT2D eigenvalue weighted by Gasteiger charge is 2.58. The summed E-state index contributed by atoms with van der Waals surface area (Å²) >= 11 is 2.00. The van der Waals surface area contributed by atoms with E-state index in [2.05, 4.69) is 24.1 Å². The number of rotatable bonds is 1. The fourth-order valence-corrected chi connectivity index (χ4v) is 4.71. The van der Waals surface area contributed by atoms with Crippen molar-refractivity contribution >= 4 is 30.1 Å². The summed E-state index contributed by atoms with van der Waals surface area (Å²) in [5, 5.41) is 3.40. The molecule has 0 aromatic rings. The summed E-state index contributed by atoms with van der Waals surface area (Å²) in [4.78, 5) is 14.8. The Hall–Kier alpha value is 0.0700. The first kappa shape index (κ1) is 15.5. The van der Waals surface area contributed by atoms with Crippen molar-refractivity contribution in [1.82, 2.24) is 10.2 Å². The van der Waals surface area contributed by atoms with E-state index in [0.29, 0.717) is 17.2 Å². The van der Waals surface area contributed by atoms with Gasteiger partial charge in [0.25, 0.3) is 0 Å². The molecule has 0 radical (unpaired) electrons. The highest BCUT2D eigenvalue weighted by molar-refractivity contribution is 8.00. The lowest BCUT2D eigenvalue weighted by Gasteiger charge is -2.38. The first-order valence-corrected chi connectivity index (χ1v) is 8.15. The molecule has 110 valence electrons. The number of nitrogens with zero attached hydrogens (tertiary/aromatic N) is 1. The minimum absolute atomic E-state index is 0. The fourth-order valence-electron chi connectivity index (χ4n) is 3.60. The van der Waals surface area contributed by atoms with Crippen molar-refractivity contribution in [2.24, 2.45) is 11.3 Å². The number of hydrogen-bond acceptors (Lipinski definition) is 3. The largest absolute Gasteiger partial charge is 0.340 e. The lowest BCUT2D eigenvalue weighted by Crippen LogP contribution is -2.47. The van der Waals surface area contributed by atoms with Crippen LogP contribution in [0, 0.1) is 11.3 Å². The zero-order valence-corrected chi connectivity index (χ0v) is 13.5. The second-order valence-corrected chi connectivity index (χ2v) is 8.54. The molecular weight excluding hydrogens is 280 g/mol. The predicted molar refractivity (Wildman–Crippen MR) is 83.0 cm³/mol. The van der Waals surface area contributed by atoms with Crippen molar-refractivity contribution < 1.29 is 4.79 Å².